The van der Waals surface area contributed by atoms with E-state index in [1.54, 1.807) is 30.9 Å². The van der Waals surface area contributed by atoms with E-state index in [9.17, 15) is 9.90 Å². The van der Waals surface area contributed by atoms with Crippen LogP contribution >= 0.6 is 0 Å². The van der Waals surface area contributed by atoms with E-state index >= 15 is 0 Å². The van der Waals surface area contributed by atoms with Gasteiger partial charge in [0.15, 0.2) is 0 Å². The van der Waals surface area contributed by atoms with Gasteiger partial charge in [-0.25, -0.2) is 4.79 Å². The molecule has 2 saturated heterocycles. The number of amides is 1. The Morgan fingerprint density at radius 2 is 1.85 bits per heavy atom. The second-order valence-electron chi connectivity index (χ2n) is 7.96. The zero-order chi connectivity index (χ0) is 19.4. The second-order valence-corrected chi connectivity index (χ2v) is 7.96. The van der Waals surface area contributed by atoms with Crippen LogP contribution in [0.2, 0.25) is 0 Å². The summed E-state index contributed by atoms with van der Waals surface area (Å²) in [5, 5.41) is 18.1. The molecule has 2 fully saturated rings. The molecule has 0 aliphatic carbocycles. The van der Waals surface area contributed by atoms with Crippen molar-refractivity contribution in [2.45, 2.75) is 19.4 Å². The van der Waals surface area contributed by atoms with Crippen LogP contribution in [0.4, 0.5) is 4.79 Å². The van der Waals surface area contributed by atoms with Crippen LogP contribution in [0.15, 0.2) is 24.3 Å². The molecule has 7 heteroatoms. The van der Waals surface area contributed by atoms with Gasteiger partial charge in [-0.2, -0.15) is 5.26 Å². The molecule has 0 aromatic heterocycles. The van der Waals surface area contributed by atoms with Gasteiger partial charge in [0.25, 0.3) is 0 Å². The van der Waals surface area contributed by atoms with Crippen molar-refractivity contribution in [3.05, 3.63) is 29.8 Å². The van der Waals surface area contributed by atoms with Crippen molar-refractivity contribution in [1.82, 2.24) is 9.80 Å². The van der Waals surface area contributed by atoms with Crippen LogP contribution in [0, 0.1) is 23.2 Å². The standard InChI is InChI=1S/C20H27N3O4/c1-20(2,14-24)27-19(25)23-12-16-10-22(11-17(16)13-23)7-8-26-18-5-3-15(9-21)4-6-18/h3-6,16-17,24H,7-8,10-14H2,1-2H3. The smallest absolute Gasteiger partial charge is 0.410 e. The minimum atomic E-state index is -0.844. The fourth-order valence-electron chi connectivity index (χ4n) is 3.67. The lowest BCUT2D eigenvalue weighted by atomic mass is 10.0. The Morgan fingerprint density at radius 3 is 2.41 bits per heavy atom. The second kappa shape index (κ2) is 8.15. The van der Waals surface area contributed by atoms with Crippen LogP contribution in [-0.4, -0.2) is 72.5 Å². The van der Waals surface area contributed by atoms with Crippen LogP contribution in [0.3, 0.4) is 0 Å². The zero-order valence-electron chi connectivity index (χ0n) is 15.9. The lowest BCUT2D eigenvalue weighted by Gasteiger charge is -2.27. The summed E-state index contributed by atoms with van der Waals surface area (Å²) < 4.78 is 11.1. The van der Waals surface area contributed by atoms with Crippen LogP contribution in [0.1, 0.15) is 19.4 Å². The summed E-state index contributed by atoms with van der Waals surface area (Å²) in [5.74, 6) is 1.70. The molecule has 0 saturated carbocycles. The minimum Gasteiger partial charge on any atom is -0.492 e. The van der Waals surface area contributed by atoms with E-state index in [0.29, 0.717) is 37.1 Å². The summed E-state index contributed by atoms with van der Waals surface area (Å²) in [5.41, 5.74) is -0.218. The third kappa shape index (κ3) is 4.90. The van der Waals surface area contributed by atoms with Gasteiger partial charge in [0.1, 0.15) is 18.0 Å². The normalized spacial score (nSPS) is 22.4. The fraction of sp³-hybridized carbons (Fsp3) is 0.600. The molecule has 1 aromatic carbocycles. The third-order valence-electron chi connectivity index (χ3n) is 5.22. The Hall–Kier alpha value is -2.30. The van der Waals surface area contributed by atoms with Crippen molar-refractivity contribution in [2.75, 3.05) is 45.9 Å². The summed E-state index contributed by atoms with van der Waals surface area (Å²) in [6.07, 6.45) is -0.334. The Balaban J connectivity index is 1.39. The SMILES string of the molecule is CC(C)(CO)OC(=O)N1CC2CN(CCOc3ccc(C#N)cc3)CC2C1. The number of aliphatic hydroxyl groups excluding tert-OH is 1. The highest BCUT2D eigenvalue weighted by Gasteiger charge is 2.42. The number of benzene rings is 1. The molecule has 7 nitrogen and oxygen atoms in total. The van der Waals surface area contributed by atoms with Crippen LogP contribution < -0.4 is 4.74 Å². The van der Waals surface area contributed by atoms with Crippen molar-refractivity contribution >= 4 is 6.09 Å². The van der Waals surface area contributed by atoms with Crippen molar-refractivity contribution in [1.29, 1.82) is 5.26 Å². The molecule has 146 valence electrons. The average Bonchev–Trinajstić information content (AvgIpc) is 3.21. The maximum atomic E-state index is 12.2. The van der Waals surface area contributed by atoms with Gasteiger partial charge in [-0.1, -0.05) is 0 Å². The molecule has 1 N–H and O–H groups in total. The van der Waals surface area contributed by atoms with Crippen molar-refractivity contribution in [2.24, 2.45) is 11.8 Å². The minimum absolute atomic E-state index is 0.188. The van der Waals surface area contributed by atoms with E-state index in [1.165, 1.54) is 0 Å². The van der Waals surface area contributed by atoms with Gasteiger partial charge in [-0.15, -0.1) is 0 Å². The van der Waals surface area contributed by atoms with E-state index < -0.39 is 5.60 Å². The molecule has 1 aromatic rings. The predicted molar refractivity (Wildman–Crippen MR) is 99.3 cm³/mol. The molecule has 2 atom stereocenters. The predicted octanol–water partition coefficient (Wildman–Crippen LogP) is 1.71. The zero-order valence-corrected chi connectivity index (χ0v) is 15.9. The average molecular weight is 373 g/mol. The first-order valence-corrected chi connectivity index (χ1v) is 9.34. The molecule has 1 amide bonds. The molecule has 2 aliphatic rings. The Labute approximate surface area is 160 Å². The number of ether oxygens (including phenoxy) is 2. The number of fused-ring (bicyclic) bond motifs is 1. The first-order valence-electron chi connectivity index (χ1n) is 9.34. The quantitative estimate of drug-likeness (QED) is 0.817. The van der Waals surface area contributed by atoms with Crippen molar-refractivity contribution in [3.8, 4) is 11.8 Å². The highest BCUT2D eigenvalue weighted by molar-refractivity contribution is 5.68. The number of rotatable bonds is 6. The molecule has 2 aliphatic heterocycles. The Morgan fingerprint density at radius 1 is 1.22 bits per heavy atom. The molecule has 2 unspecified atom stereocenters. The number of nitrogens with zero attached hydrogens (tertiary/aromatic N) is 3. The number of likely N-dealkylation sites (tertiary alicyclic amines) is 2. The highest BCUT2D eigenvalue weighted by Crippen LogP contribution is 2.31. The van der Waals surface area contributed by atoms with E-state index in [0.717, 1.165) is 25.4 Å². The molecule has 0 bridgehead atoms. The summed E-state index contributed by atoms with van der Waals surface area (Å²) in [4.78, 5) is 16.4. The number of hydrogen-bond donors (Lipinski definition) is 1. The van der Waals surface area contributed by atoms with Crippen LogP contribution in [-0.2, 0) is 4.74 Å². The largest absolute Gasteiger partial charge is 0.492 e. The number of carbonyl (C=O) groups excluding carboxylic acids is 1. The lowest BCUT2D eigenvalue weighted by Crippen LogP contribution is -2.40. The summed E-state index contributed by atoms with van der Waals surface area (Å²) in [6, 6.07) is 9.22. The first kappa shape index (κ1) is 19.5. The number of hydrogen-bond acceptors (Lipinski definition) is 6. The molecular formula is C20H27N3O4. The summed E-state index contributed by atoms with van der Waals surface area (Å²) >= 11 is 0. The Kier molecular flexibility index (Phi) is 5.88. The fourth-order valence-corrected chi connectivity index (χ4v) is 3.67. The number of nitriles is 1. The van der Waals surface area contributed by atoms with Gasteiger partial charge in [0.05, 0.1) is 18.2 Å². The lowest BCUT2D eigenvalue weighted by molar-refractivity contribution is -0.0191. The number of aliphatic hydroxyl groups is 1. The van der Waals surface area contributed by atoms with Gasteiger partial charge >= 0.3 is 6.09 Å². The third-order valence-corrected chi connectivity index (χ3v) is 5.22. The van der Waals surface area contributed by atoms with Gasteiger partial charge < -0.3 is 19.5 Å². The van der Waals surface area contributed by atoms with E-state index in [2.05, 4.69) is 11.0 Å². The first-order chi connectivity index (χ1) is 12.9. The van der Waals surface area contributed by atoms with Gasteiger partial charge in [-0.3, -0.25) is 4.90 Å². The summed E-state index contributed by atoms with van der Waals surface area (Å²) in [7, 11) is 0. The maximum absolute atomic E-state index is 12.2. The molecule has 27 heavy (non-hydrogen) atoms. The maximum Gasteiger partial charge on any atom is 0.410 e. The van der Waals surface area contributed by atoms with E-state index in [1.807, 2.05) is 12.1 Å². The molecule has 3 rings (SSSR count). The van der Waals surface area contributed by atoms with E-state index in [-0.39, 0.29) is 12.7 Å². The molecular weight excluding hydrogens is 346 g/mol. The highest BCUT2D eigenvalue weighted by atomic mass is 16.6. The van der Waals surface area contributed by atoms with Crippen LogP contribution in [0.25, 0.3) is 0 Å². The molecule has 2 heterocycles. The van der Waals surface area contributed by atoms with Gasteiger partial charge in [-0.05, 0) is 49.9 Å². The monoisotopic (exact) mass is 373 g/mol. The van der Waals surface area contributed by atoms with Gasteiger partial charge in [0.2, 0.25) is 0 Å². The Bertz CT molecular complexity index is 684. The molecule has 0 radical (unpaired) electrons. The molecule has 0 spiro atoms. The van der Waals surface area contributed by atoms with Crippen molar-refractivity contribution < 1.29 is 19.4 Å². The number of carbonyl (C=O) groups is 1. The summed E-state index contributed by atoms with van der Waals surface area (Å²) in [6.45, 7) is 7.98. The van der Waals surface area contributed by atoms with Crippen LogP contribution in [0.5, 0.6) is 5.75 Å². The topological polar surface area (TPSA) is 86.0 Å². The van der Waals surface area contributed by atoms with Gasteiger partial charge in [0, 0.05) is 32.7 Å². The van der Waals surface area contributed by atoms with E-state index in [4.69, 9.17) is 14.7 Å². The van der Waals surface area contributed by atoms with Crippen molar-refractivity contribution in [3.63, 3.8) is 0 Å².